The van der Waals surface area contributed by atoms with E-state index in [0.29, 0.717) is 35.9 Å². The Labute approximate surface area is 458 Å². The van der Waals surface area contributed by atoms with Crippen LogP contribution in [0.15, 0.2) is 73.3 Å². The average Bonchev–Trinajstić information content (AvgIpc) is 4.13. The lowest BCUT2D eigenvalue weighted by Crippen LogP contribution is -2.62. The first-order valence-corrected chi connectivity index (χ1v) is 25.5. The summed E-state index contributed by atoms with van der Waals surface area (Å²) in [6, 6.07) is 2.46. The van der Waals surface area contributed by atoms with E-state index in [1.165, 1.54) is 12.5 Å². The highest BCUT2D eigenvalue weighted by Gasteiger charge is 2.37. The summed E-state index contributed by atoms with van der Waals surface area (Å²) >= 11 is 0. The molecule has 29 heteroatoms. The Morgan fingerprint density at radius 3 is 1.80 bits per heavy atom. The fourth-order valence-corrected chi connectivity index (χ4v) is 8.12. The number of carbonyl (C=O) groups excluding carboxylic acids is 9. The van der Waals surface area contributed by atoms with Gasteiger partial charge in [0, 0.05) is 54.7 Å². The van der Waals surface area contributed by atoms with Crippen molar-refractivity contribution < 1.29 is 73.2 Å². The number of aliphatic carboxylic acids is 2. The SMILES string of the molecule is C[C@@H](O)[C@H](NC(=O)CNC(=O)[C@H](Cc1ccccc1)NC(=O)[C@H](Cc1cnc[nH]1)NC(=O)[C@H](CCC(=O)O)NC(=O)[C@H](CC(N)=O)NC(=O)[C@@H](NC(=O)[C@H](Cc1c[nH]c2ccccc12)NC(=O)[C@@H](N)CCCCN)[C@@H](C)O)C(=O)O. The van der Waals surface area contributed by atoms with Crippen LogP contribution in [0.2, 0.25) is 0 Å². The molecule has 0 radical (unpaired) electrons. The quantitative estimate of drug-likeness (QED) is 0.0196. The van der Waals surface area contributed by atoms with E-state index < -0.39 is 151 Å². The molecule has 4 aromatic rings. The van der Waals surface area contributed by atoms with Crippen molar-refractivity contribution in [2.45, 2.75) is 132 Å². The van der Waals surface area contributed by atoms with Crippen LogP contribution in [0.5, 0.6) is 0 Å². The highest BCUT2D eigenvalue weighted by Crippen LogP contribution is 2.20. The molecule has 0 unspecified atom stereocenters. The van der Waals surface area contributed by atoms with Gasteiger partial charge < -0.3 is 90.1 Å². The minimum absolute atomic E-state index is 0.129. The van der Waals surface area contributed by atoms with Gasteiger partial charge in [0.05, 0.1) is 37.5 Å². The van der Waals surface area contributed by atoms with E-state index >= 15 is 0 Å². The largest absolute Gasteiger partial charge is 0.481 e. The number of fused-ring (bicyclic) bond motifs is 1. The minimum atomic E-state index is -1.95. The lowest BCUT2D eigenvalue weighted by molar-refractivity contribution is -0.144. The number of nitrogens with one attached hydrogen (secondary N) is 10. The van der Waals surface area contributed by atoms with Gasteiger partial charge >= 0.3 is 11.9 Å². The van der Waals surface area contributed by atoms with Gasteiger partial charge in [-0.3, -0.25) is 47.9 Å². The Kier molecular flexibility index (Phi) is 25.1. The van der Waals surface area contributed by atoms with Crippen LogP contribution in [0.4, 0.5) is 0 Å². The number of H-pyrrole nitrogens is 2. The van der Waals surface area contributed by atoms with Crippen molar-refractivity contribution in [3.8, 4) is 0 Å². The number of hydrogen-bond acceptors (Lipinski definition) is 16. The van der Waals surface area contributed by atoms with Crippen LogP contribution in [0, 0.1) is 0 Å². The summed E-state index contributed by atoms with van der Waals surface area (Å²) < 4.78 is 0. The minimum Gasteiger partial charge on any atom is -0.481 e. The van der Waals surface area contributed by atoms with E-state index in [-0.39, 0.29) is 31.4 Å². The number of aromatic nitrogens is 3. The fourth-order valence-electron chi connectivity index (χ4n) is 8.12. The molecule has 0 fully saturated rings. The molecule has 434 valence electrons. The van der Waals surface area contributed by atoms with Crippen molar-refractivity contribution >= 4 is 76.0 Å². The second-order valence-corrected chi connectivity index (χ2v) is 18.9. The maximum atomic E-state index is 14.2. The predicted molar refractivity (Wildman–Crippen MR) is 284 cm³/mol. The van der Waals surface area contributed by atoms with Gasteiger partial charge in [-0.25, -0.2) is 9.78 Å². The number of hydrogen-bond donors (Lipinski definition) is 17. The van der Waals surface area contributed by atoms with E-state index in [2.05, 4.69) is 57.5 Å². The molecule has 2 aromatic carbocycles. The molecule has 0 aliphatic carbocycles. The molecule has 4 rings (SSSR count). The monoisotopic (exact) mass is 1120 g/mol. The van der Waals surface area contributed by atoms with Crippen LogP contribution in [0.1, 0.15) is 69.2 Å². The summed E-state index contributed by atoms with van der Waals surface area (Å²) in [5.74, 6) is -12.5. The third-order valence-electron chi connectivity index (χ3n) is 12.4. The van der Waals surface area contributed by atoms with Gasteiger partial charge in [-0.1, -0.05) is 55.0 Å². The summed E-state index contributed by atoms with van der Waals surface area (Å²) in [5.41, 5.74) is 19.3. The maximum Gasteiger partial charge on any atom is 0.328 e. The molecule has 0 saturated heterocycles. The number of aliphatic hydroxyl groups excluding tert-OH is 2. The number of primary amides is 1. The fraction of sp³-hybridized carbons (Fsp3) is 0.451. The number of benzene rings is 2. The van der Waals surface area contributed by atoms with Gasteiger partial charge in [0.2, 0.25) is 53.2 Å². The number of carbonyl (C=O) groups is 11. The van der Waals surface area contributed by atoms with Crippen LogP contribution in [0.3, 0.4) is 0 Å². The zero-order valence-corrected chi connectivity index (χ0v) is 43.9. The number of nitrogens with zero attached hydrogens (tertiary/aromatic N) is 1. The van der Waals surface area contributed by atoms with Crippen molar-refractivity contribution in [3.63, 3.8) is 0 Å². The van der Waals surface area contributed by atoms with Crippen LogP contribution < -0.4 is 59.7 Å². The molecule has 0 spiro atoms. The van der Waals surface area contributed by atoms with Crippen molar-refractivity contribution in [3.05, 3.63) is 90.1 Å². The molecular formula is C51H70N14O15. The van der Waals surface area contributed by atoms with Gasteiger partial charge in [-0.15, -0.1) is 0 Å². The Morgan fingerprint density at radius 2 is 1.19 bits per heavy atom. The smallest absolute Gasteiger partial charge is 0.328 e. The van der Waals surface area contributed by atoms with Gasteiger partial charge in [-0.2, -0.15) is 0 Å². The number of nitrogens with two attached hydrogens (primary N) is 3. The molecule has 29 nitrogen and oxygen atoms in total. The summed E-state index contributed by atoms with van der Waals surface area (Å²) in [4.78, 5) is 156. The van der Waals surface area contributed by atoms with E-state index in [0.717, 1.165) is 19.4 Å². The first-order chi connectivity index (χ1) is 38.0. The zero-order valence-electron chi connectivity index (χ0n) is 43.9. The van der Waals surface area contributed by atoms with E-state index in [1.807, 2.05) is 0 Å². The normalized spacial score (nSPS) is 14.9. The number of imidazole rings is 1. The summed E-state index contributed by atoms with van der Waals surface area (Å²) in [6.07, 6.45) is -0.679. The third kappa shape index (κ3) is 20.5. The molecule has 2 aromatic heterocycles. The molecule has 0 bridgehead atoms. The second-order valence-electron chi connectivity index (χ2n) is 18.9. The molecule has 9 amide bonds. The van der Waals surface area contributed by atoms with Gasteiger partial charge in [-0.05, 0) is 56.8 Å². The van der Waals surface area contributed by atoms with Crippen molar-refractivity contribution in [2.75, 3.05) is 13.1 Å². The van der Waals surface area contributed by atoms with Crippen LogP contribution >= 0.6 is 0 Å². The number of amides is 9. The maximum absolute atomic E-state index is 14.2. The Morgan fingerprint density at radius 1 is 0.613 bits per heavy atom. The van der Waals surface area contributed by atoms with E-state index in [4.69, 9.17) is 17.2 Å². The topological polar surface area (TPSA) is 487 Å². The number of aromatic amines is 2. The first kappa shape index (κ1) is 63.7. The van der Waals surface area contributed by atoms with Crippen LogP contribution in [0.25, 0.3) is 10.9 Å². The molecular weight excluding hydrogens is 1050 g/mol. The van der Waals surface area contributed by atoms with Gasteiger partial charge in [0.15, 0.2) is 6.04 Å². The van der Waals surface area contributed by atoms with Crippen molar-refractivity contribution in [1.82, 2.24) is 57.5 Å². The van der Waals surface area contributed by atoms with E-state index in [9.17, 15) is 73.2 Å². The predicted octanol–water partition coefficient (Wildman–Crippen LogP) is -4.53. The number of unbranched alkanes of at least 4 members (excludes halogenated alkanes) is 1. The number of para-hydroxylation sites is 1. The van der Waals surface area contributed by atoms with E-state index in [1.54, 1.807) is 60.8 Å². The number of rotatable bonds is 34. The molecule has 10 atom stereocenters. The van der Waals surface area contributed by atoms with Crippen molar-refractivity contribution in [1.29, 1.82) is 0 Å². The summed E-state index contributed by atoms with van der Waals surface area (Å²) in [7, 11) is 0. The molecule has 0 aliphatic rings. The molecule has 2 heterocycles. The van der Waals surface area contributed by atoms with Crippen LogP contribution in [-0.2, 0) is 72.0 Å². The molecule has 80 heavy (non-hydrogen) atoms. The Bertz CT molecular complexity index is 2770. The molecule has 0 aliphatic heterocycles. The Balaban J connectivity index is 1.57. The molecule has 20 N–H and O–H groups in total. The lowest BCUT2D eigenvalue weighted by Gasteiger charge is -2.28. The number of aliphatic hydroxyl groups is 2. The highest BCUT2D eigenvalue weighted by molar-refractivity contribution is 5.99. The number of carboxylic acid groups (broad SMARTS) is 2. The highest BCUT2D eigenvalue weighted by atomic mass is 16.4. The Hall–Kier alpha value is -8.80. The standard InChI is InChI=1S/C51H70N14O15/c1-26(66)42(65-49(77)36(60-44(72)32(53)13-8-9-17-52)19-29-22-56-33-14-7-6-12-31(29)33)50(78)63-38(21-39(54)68)48(76)59-34(15-16-41(70)71)46(74)62-37(20-30-23-55-25-58-30)47(75)61-35(18-28-10-4-3-5-11-28)45(73)57-24-40(69)64-43(27(2)67)51(79)80/h3-7,10-12,14,22-23,25-27,32,34-38,42-43,56,66-67H,8-9,13,15-21,24,52-53H2,1-2H3,(H2,54,68)(H,55,58)(H,57,73)(H,59,76)(H,60,72)(H,61,75)(H,62,74)(H,63,78)(H,64,69)(H,65,77)(H,70,71)(H,79,80)/t26-,27-,32+,34+,35+,36+,37+,38+,42+,43+/m1/s1. The average molecular weight is 1120 g/mol. The number of carboxylic acids is 2. The zero-order chi connectivity index (χ0) is 59.1. The van der Waals surface area contributed by atoms with Crippen LogP contribution in [-0.4, -0.2) is 174 Å². The third-order valence-corrected chi connectivity index (χ3v) is 12.4. The second kappa shape index (κ2) is 31.6. The molecule has 0 saturated carbocycles. The summed E-state index contributed by atoms with van der Waals surface area (Å²) in [6.45, 7) is 1.83. The van der Waals surface area contributed by atoms with Crippen molar-refractivity contribution in [2.24, 2.45) is 17.2 Å². The van der Waals surface area contributed by atoms with Gasteiger partial charge in [0.25, 0.3) is 0 Å². The summed E-state index contributed by atoms with van der Waals surface area (Å²) in [5, 5.41) is 59.3. The first-order valence-electron chi connectivity index (χ1n) is 25.5. The lowest BCUT2D eigenvalue weighted by atomic mass is 10.0. The van der Waals surface area contributed by atoms with Gasteiger partial charge in [0.1, 0.15) is 36.3 Å².